The van der Waals surface area contributed by atoms with Crippen LogP contribution in [0.25, 0.3) is 0 Å². The van der Waals surface area contributed by atoms with Crippen molar-refractivity contribution in [2.75, 3.05) is 13.1 Å². The molecule has 1 heterocycles. The molecule has 3 unspecified atom stereocenters. The molecule has 2 rings (SSSR count). The van der Waals surface area contributed by atoms with Crippen LogP contribution >= 0.6 is 0 Å². The topological polar surface area (TPSA) is 41.6 Å². The van der Waals surface area contributed by atoms with Gasteiger partial charge < -0.3 is 15.0 Å². The Morgan fingerprint density at radius 3 is 2.48 bits per heavy atom. The van der Waals surface area contributed by atoms with Gasteiger partial charge in [-0.25, -0.2) is 4.79 Å². The Kier molecular flexibility index (Phi) is 6.35. The number of ether oxygens (including phenoxy) is 1. The Balaban J connectivity index is 1.76. The van der Waals surface area contributed by atoms with Crippen molar-refractivity contribution >= 4 is 6.09 Å². The zero-order valence-corrected chi connectivity index (χ0v) is 15.7. The molecule has 2 aliphatic rings. The Bertz CT molecular complexity index is 389. The number of hydrogen-bond donors (Lipinski definition) is 1. The quantitative estimate of drug-likeness (QED) is 0.791. The smallest absolute Gasteiger partial charge is 0.410 e. The molecule has 4 nitrogen and oxygen atoms in total. The predicted octanol–water partition coefficient (Wildman–Crippen LogP) is 4.19. The molecule has 1 aliphatic heterocycles. The van der Waals surface area contributed by atoms with Gasteiger partial charge in [0.25, 0.3) is 0 Å². The number of carbonyl (C=O) groups is 1. The van der Waals surface area contributed by atoms with E-state index in [0.717, 1.165) is 31.3 Å². The first-order chi connectivity index (χ1) is 10.7. The van der Waals surface area contributed by atoms with Crippen LogP contribution in [0.3, 0.4) is 0 Å². The number of likely N-dealkylation sites (tertiary alicyclic amines) is 1. The van der Waals surface area contributed by atoms with Gasteiger partial charge in [0.15, 0.2) is 0 Å². The molecule has 0 bridgehead atoms. The van der Waals surface area contributed by atoms with E-state index in [-0.39, 0.29) is 6.09 Å². The molecular weight excluding hydrogens is 288 g/mol. The van der Waals surface area contributed by atoms with Crippen molar-refractivity contribution in [1.29, 1.82) is 0 Å². The lowest BCUT2D eigenvalue weighted by atomic mass is 9.89. The van der Waals surface area contributed by atoms with Gasteiger partial charge in [-0.1, -0.05) is 26.7 Å². The van der Waals surface area contributed by atoms with Crippen LogP contribution in [0, 0.1) is 11.8 Å². The number of amides is 1. The van der Waals surface area contributed by atoms with E-state index in [9.17, 15) is 4.79 Å². The molecule has 1 saturated carbocycles. The summed E-state index contributed by atoms with van der Waals surface area (Å²) in [5, 5.41) is 3.82. The summed E-state index contributed by atoms with van der Waals surface area (Å²) in [7, 11) is 0. The van der Waals surface area contributed by atoms with Crippen LogP contribution in [0.15, 0.2) is 0 Å². The van der Waals surface area contributed by atoms with Gasteiger partial charge in [0, 0.05) is 25.2 Å². The molecule has 1 saturated heterocycles. The van der Waals surface area contributed by atoms with E-state index in [0.29, 0.717) is 12.1 Å². The summed E-state index contributed by atoms with van der Waals surface area (Å²) in [4.78, 5) is 14.0. The van der Waals surface area contributed by atoms with E-state index in [2.05, 4.69) is 19.2 Å². The molecule has 0 radical (unpaired) electrons. The summed E-state index contributed by atoms with van der Waals surface area (Å²) in [6, 6.07) is 1.06. The van der Waals surface area contributed by atoms with Crippen molar-refractivity contribution in [2.45, 2.75) is 90.8 Å². The summed E-state index contributed by atoms with van der Waals surface area (Å²) >= 11 is 0. The third kappa shape index (κ3) is 5.98. The van der Waals surface area contributed by atoms with Crippen LogP contribution in [0.2, 0.25) is 0 Å². The molecule has 1 amide bonds. The van der Waals surface area contributed by atoms with Gasteiger partial charge in [-0.3, -0.25) is 0 Å². The maximum atomic E-state index is 12.1. The second kappa shape index (κ2) is 7.87. The fourth-order valence-electron chi connectivity index (χ4n) is 3.89. The second-order valence-electron chi connectivity index (χ2n) is 8.79. The number of hydrogen-bond acceptors (Lipinski definition) is 3. The van der Waals surface area contributed by atoms with Crippen LogP contribution in [-0.2, 0) is 4.74 Å². The highest BCUT2D eigenvalue weighted by Crippen LogP contribution is 2.29. The Labute approximate surface area is 142 Å². The molecule has 134 valence electrons. The first-order valence-corrected chi connectivity index (χ1v) is 9.48. The Hall–Kier alpha value is -0.770. The van der Waals surface area contributed by atoms with Gasteiger partial charge in [0.05, 0.1) is 0 Å². The van der Waals surface area contributed by atoms with Gasteiger partial charge in [-0.2, -0.15) is 0 Å². The highest BCUT2D eigenvalue weighted by Gasteiger charge is 2.31. The summed E-state index contributed by atoms with van der Waals surface area (Å²) in [5.74, 6) is 1.70. The van der Waals surface area contributed by atoms with Gasteiger partial charge in [0.1, 0.15) is 5.60 Å². The van der Waals surface area contributed by atoms with Crippen molar-refractivity contribution in [1.82, 2.24) is 10.2 Å². The molecule has 0 aromatic heterocycles. The normalized spacial score (nSPS) is 29.7. The number of nitrogens with one attached hydrogen (secondary N) is 1. The molecule has 4 heteroatoms. The van der Waals surface area contributed by atoms with Gasteiger partial charge >= 0.3 is 6.09 Å². The van der Waals surface area contributed by atoms with E-state index >= 15 is 0 Å². The number of carbonyl (C=O) groups excluding carboxylic acids is 1. The van der Waals surface area contributed by atoms with Gasteiger partial charge in [-0.15, -0.1) is 0 Å². The average molecular weight is 325 g/mol. The number of nitrogens with zero attached hydrogens (tertiary/aromatic N) is 1. The van der Waals surface area contributed by atoms with Crippen LogP contribution < -0.4 is 5.32 Å². The molecule has 1 aliphatic carbocycles. The van der Waals surface area contributed by atoms with E-state index in [4.69, 9.17) is 4.74 Å². The van der Waals surface area contributed by atoms with Crippen LogP contribution in [-0.4, -0.2) is 41.8 Å². The van der Waals surface area contributed by atoms with Gasteiger partial charge in [0.2, 0.25) is 0 Å². The largest absolute Gasteiger partial charge is 0.444 e. The third-order valence-corrected chi connectivity index (χ3v) is 5.27. The van der Waals surface area contributed by atoms with Crippen LogP contribution in [0.4, 0.5) is 4.79 Å². The maximum Gasteiger partial charge on any atom is 0.410 e. The Morgan fingerprint density at radius 1 is 1.09 bits per heavy atom. The SMILES string of the molecule is CC(C)C1CCCC(NC2CCN(C(=O)OC(C)(C)C)C2)CC1. The summed E-state index contributed by atoms with van der Waals surface area (Å²) in [5.41, 5.74) is -0.407. The first kappa shape index (κ1) is 18.6. The number of rotatable bonds is 3. The average Bonchev–Trinajstić information content (AvgIpc) is 2.75. The minimum absolute atomic E-state index is 0.164. The standard InChI is InChI=1S/C19H36N2O2/c1-14(2)15-7-6-8-16(10-9-15)20-17-11-12-21(13-17)18(22)23-19(3,4)5/h14-17,20H,6-13H2,1-5H3. The van der Waals surface area contributed by atoms with Crippen molar-refractivity contribution in [3.05, 3.63) is 0 Å². The molecule has 0 aromatic carbocycles. The lowest BCUT2D eigenvalue weighted by molar-refractivity contribution is 0.0290. The minimum Gasteiger partial charge on any atom is -0.444 e. The zero-order chi connectivity index (χ0) is 17.0. The van der Waals surface area contributed by atoms with Crippen molar-refractivity contribution in [2.24, 2.45) is 11.8 Å². The van der Waals surface area contributed by atoms with E-state index in [1.165, 1.54) is 32.1 Å². The first-order valence-electron chi connectivity index (χ1n) is 9.48. The van der Waals surface area contributed by atoms with Crippen molar-refractivity contribution in [3.8, 4) is 0 Å². The highest BCUT2D eigenvalue weighted by molar-refractivity contribution is 5.68. The van der Waals surface area contributed by atoms with Crippen molar-refractivity contribution < 1.29 is 9.53 Å². The highest BCUT2D eigenvalue weighted by atomic mass is 16.6. The predicted molar refractivity (Wildman–Crippen MR) is 94.5 cm³/mol. The van der Waals surface area contributed by atoms with Gasteiger partial charge in [-0.05, 0) is 58.3 Å². The summed E-state index contributed by atoms with van der Waals surface area (Å²) in [6.45, 7) is 12.1. The fourth-order valence-corrected chi connectivity index (χ4v) is 3.89. The van der Waals surface area contributed by atoms with Crippen molar-refractivity contribution in [3.63, 3.8) is 0 Å². The summed E-state index contributed by atoms with van der Waals surface area (Å²) < 4.78 is 5.48. The van der Waals surface area contributed by atoms with E-state index in [1.54, 1.807) is 0 Å². The molecule has 0 spiro atoms. The van der Waals surface area contributed by atoms with Crippen LogP contribution in [0.1, 0.15) is 73.1 Å². The molecule has 0 aromatic rings. The molecule has 2 fully saturated rings. The lowest BCUT2D eigenvalue weighted by Crippen LogP contribution is -2.42. The molecular formula is C19H36N2O2. The third-order valence-electron chi connectivity index (χ3n) is 5.27. The van der Waals surface area contributed by atoms with E-state index in [1.807, 2.05) is 25.7 Å². The summed E-state index contributed by atoms with van der Waals surface area (Å²) in [6.07, 6.45) is 7.51. The second-order valence-corrected chi connectivity index (χ2v) is 8.79. The van der Waals surface area contributed by atoms with E-state index < -0.39 is 5.60 Å². The lowest BCUT2D eigenvalue weighted by Gasteiger charge is -2.25. The molecule has 1 N–H and O–H groups in total. The Morgan fingerprint density at radius 2 is 1.83 bits per heavy atom. The minimum atomic E-state index is -0.407. The zero-order valence-electron chi connectivity index (χ0n) is 15.7. The fraction of sp³-hybridized carbons (Fsp3) is 0.947. The van der Waals surface area contributed by atoms with Crippen LogP contribution in [0.5, 0.6) is 0 Å². The maximum absolute atomic E-state index is 12.1. The monoisotopic (exact) mass is 324 g/mol. The molecule has 3 atom stereocenters. The molecule has 23 heavy (non-hydrogen) atoms.